The number of sulfonamides is 1. The SMILES string of the molecule is COc1ccc(S(=O)(=O)NCCCNc2cc(-c3cn(C(C)(C)C)nc3-c3cccc(F)c3)ccn2)cc1. The van der Waals surface area contributed by atoms with Gasteiger partial charge < -0.3 is 10.1 Å². The molecule has 0 saturated heterocycles. The van der Waals surface area contributed by atoms with E-state index in [1.807, 2.05) is 29.1 Å². The molecule has 0 spiro atoms. The Balaban J connectivity index is 1.43. The molecule has 38 heavy (non-hydrogen) atoms. The van der Waals surface area contributed by atoms with Crippen molar-refractivity contribution in [2.45, 2.75) is 37.6 Å². The van der Waals surface area contributed by atoms with E-state index in [4.69, 9.17) is 9.84 Å². The van der Waals surface area contributed by atoms with Gasteiger partial charge in [-0.3, -0.25) is 4.68 Å². The fraction of sp³-hybridized carbons (Fsp3) is 0.286. The first-order valence-corrected chi connectivity index (χ1v) is 13.8. The molecule has 0 aliphatic heterocycles. The molecule has 0 fully saturated rings. The van der Waals surface area contributed by atoms with E-state index in [0.29, 0.717) is 35.8 Å². The molecule has 200 valence electrons. The van der Waals surface area contributed by atoms with E-state index in [2.05, 4.69) is 35.8 Å². The van der Waals surface area contributed by atoms with Gasteiger partial charge in [-0.15, -0.1) is 0 Å². The first-order valence-electron chi connectivity index (χ1n) is 12.3. The van der Waals surface area contributed by atoms with E-state index < -0.39 is 10.0 Å². The minimum Gasteiger partial charge on any atom is -0.497 e. The molecule has 2 aromatic heterocycles. The summed E-state index contributed by atoms with van der Waals surface area (Å²) in [5.74, 6) is 0.921. The molecule has 0 aliphatic carbocycles. The van der Waals surface area contributed by atoms with Gasteiger partial charge in [0.15, 0.2) is 0 Å². The lowest BCUT2D eigenvalue weighted by Crippen LogP contribution is -2.26. The monoisotopic (exact) mass is 537 g/mol. The fourth-order valence-corrected chi connectivity index (χ4v) is 4.90. The molecule has 0 aliphatic rings. The number of pyridine rings is 1. The number of halogens is 1. The lowest BCUT2D eigenvalue weighted by atomic mass is 10.0. The molecule has 8 nitrogen and oxygen atoms in total. The highest BCUT2D eigenvalue weighted by molar-refractivity contribution is 7.89. The van der Waals surface area contributed by atoms with Gasteiger partial charge in [-0.25, -0.2) is 22.5 Å². The van der Waals surface area contributed by atoms with E-state index in [9.17, 15) is 12.8 Å². The number of ether oxygens (including phenoxy) is 1. The first kappa shape index (κ1) is 27.3. The van der Waals surface area contributed by atoms with Gasteiger partial charge in [-0.05, 0) is 81.3 Å². The molecular formula is C28H32FN5O3S. The molecule has 0 atom stereocenters. The maximum atomic E-state index is 14.0. The van der Waals surface area contributed by atoms with E-state index in [-0.39, 0.29) is 22.8 Å². The third-order valence-corrected chi connectivity index (χ3v) is 7.37. The Morgan fingerprint density at radius 3 is 2.45 bits per heavy atom. The van der Waals surface area contributed by atoms with Crippen molar-refractivity contribution in [1.82, 2.24) is 19.5 Å². The number of nitrogens with one attached hydrogen (secondary N) is 2. The lowest BCUT2D eigenvalue weighted by Gasteiger charge is -2.18. The zero-order valence-electron chi connectivity index (χ0n) is 21.9. The number of hydrogen-bond donors (Lipinski definition) is 2. The standard InChI is InChI=1S/C28H32FN5O3S/c1-28(2,3)34-19-25(27(33-34)21-7-5-8-22(29)17-21)20-13-16-31-26(18-20)30-14-6-15-32-38(35,36)24-11-9-23(37-4)10-12-24/h5,7-13,16-19,32H,6,14-15H2,1-4H3,(H,30,31). The van der Waals surface area contributed by atoms with Crippen LogP contribution in [0, 0.1) is 5.82 Å². The molecule has 2 N–H and O–H groups in total. The van der Waals surface area contributed by atoms with Crippen LogP contribution in [0.4, 0.5) is 10.2 Å². The highest BCUT2D eigenvalue weighted by atomic mass is 32.2. The summed E-state index contributed by atoms with van der Waals surface area (Å²) < 4.78 is 48.5. The van der Waals surface area contributed by atoms with Gasteiger partial charge in [0, 0.05) is 36.6 Å². The molecule has 0 bridgehead atoms. The summed E-state index contributed by atoms with van der Waals surface area (Å²) in [7, 11) is -2.07. The van der Waals surface area contributed by atoms with Gasteiger partial charge in [0.05, 0.1) is 17.5 Å². The molecule has 4 aromatic rings. The number of methoxy groups -OCH3 is 1. The molecule has 2 heterocycles. The molecule has 10 heteroatoms. The summed E-state index contributed by atoms with van der Waals surface area (Å²) in [6.07, 6.45) is 4.22. The van der Waals surface area contributed by atoms with Gasteiger partial charge in [0.25, 0.3) is 0 Å². The van der Waals surface area contributed by atoms with Crippen molar-refractivity contribution < 1.29 is 17.5 Å². The summed E-state index contributed by atoms with van der Waals surface area (Å²) in [6, 6.07) is 16.4. The minimum absolute atomic E-state index is 0.186. The van der Waals surface area contributed by atoms with E-state index in [1.165, 1.54) is 31.4 Å². The Kier molecular flexibility index (Phi) is 8.13. The topological polar surface area (TPSA) is 98.1 Å². The summed E-state index contributed by atoms with van der Waals surface area (Å²) >= 11 is 0. The van der Waals surface area contributed by atoms with Gasteiger partial charge in [-0.2, -0.15) is 5.10 Å². The zero-order chi connectivity index (χ0) is 27.3. The molecule has 0 saturated carbocycles. The number of aromatic nitrogens is 3. The van der Waals surface area contributed by atoms with Gasteiger partial charge in [-0.1, -0.05) is 12.1 Å². The van der Waals surface area contributed by atoms with Crippen molar-refractivity contribution in [3.8, 4) is 28.1 Å². The summed E-state index contributed by atoms with van der Waals surface area (Å²) in [4.78, 5) is 4.58. The van der Waals surface area contributed by atoms with Crippen LogP contribution in [0.25, 0.3) is 22.4 Å². The van der Waals surface area contributed by atoms with Crippen LogP contribution in [-0.2, 0) is 15.6 Å². The minimum atomic E-state index is -3.60. The van der Waals surface area contributed by atoms with Crippen molar-refractivity contribution >= 4 is 15.8 Å². The van der Waals surface area contributed by atoms with Crippen LogP contribution >= 0.6 is 0 Å². The molecular weight excluding hydrogens is 505 g/mol. The van der Waals surface area contributed by atoms with Crippen molar-refractivity contribution in [2.24, 2.45) is 0 Å². The van der Waals surface area contributed by atoms with Crippen LogP contribution in [0.2, 0.25) is 0 Å². The normalized spacial score (nSPS) is 11.9. The van der Waals surface area contributed by atoms with Crippen LogP contribution in [0.3, 0.4) is 0 Å². The Bertz CT molecular complexity index is 1500. The molecule has 4 rings (SSSR count). The fourth-order valence-electron chi connectivity index (χ4n) is 3.82. The second kappa shape index (κ2) is 11.3. The van der Waals surface area contributed by atoms with Crippen LogP contribution in [0.1, 0.15) is 27.2 Å². The Labute approximate surface area is 222 Å². The average molecular weight is 538 g/mol. The summed E-state index contributed by atoms with van der Waals surface area (Å²) in [6.45, 7) is 6.95. The molecule has 0 unspecified atom stereocenters. The van der Waals surface area contributed by atoms with E-state index in [0.717, 1.165) is 11.1 Å². The van der Waals surface area contributed by atoms with Gasteiger partial charge >= 0.3 is 0 Å². The highest BCUT2D eigenvalue weighted by Gasteiger charge is 2.20. The predicted molar refractivity (Wildman–Crippen MR) is 147 cm³/mol. The molecule has 0 radical (unpaired) electrons. The van der Waals surface area contributed by atoms with Crippen LogP contribution < -0.4 is 14.8 Å². The van der Waals surface area contributed by atoms with Crippen LogP contribution in [-0.4, -0.2) is 43.4 Å². The second-order valence-electron chi connectivity index (χ2n) is 9.80. The Morgan fingerprint density at radius 2 is 1.76 bits per heavy atom. The second-order valence-corrected chi connectivity index (χ2v) is 11.6. The zero-order valence-corrected chi connectivity index (χ0v) is 22.7. The quantitative estimate of drug-likeness (QED) is 0.267. The average Bonchev–Trinajstić information content (AvgIpc) is 3.35. The van der Waals surface area contributed by atoms with Crippen LogP contribution in [0.15, 0.2) is 78.0 Å². The summed E-state index contributed by atoms with van der Waals surface area (Å²) in [5, 5.41) is 8.03. The number of nitrogens with zero attached hydrogens (tertiary/aromatic N) is 3. The van der Waals surface area contributed by atoms with Crippen molar-refractivity contribution in [3.05, 3.63) is 78.9 Å². The number of benzene rings is 2. The number of hydrogen-bond acceptors (Lipinski definition) is 6. The largest absolute Gasteiger partial charge is 0.497 e. The van der Waals surface area contributed by atoms with Gasteiger partial charge in [0.2, 0.25) is 10.0 Å². The van der Waals surface area contributed by atoms with E-state index >= 15 is 0 Å². The van der Waals surface area contributed by atoms with Crippen LogP contribution in [0.5, 0.6) is 5.75 Å². The first-order chi connectivity index (χ1) is 18.1. The highest BCUT2D eigenvalue weighted by Crippen LogP contribution is 2.34. The third kappa shape index (κ3) is 6.56. The van der Waals surface area contributed by atoms with Crippen molar-refractivity contribution in [1.29, 1.82) is 0 Å². The summed E-state index contributed by atoms with van der Waals surface area (Å²) in [5.41, 5.74) is 2.87. The Morgan fingerprint density at radius 1 is 1.00 bits per heavy atom. The molecule has 2 aromatic carbocycles. The lowest BCUT2D eigenvalue weighted by molar-refractivity contribution is 0.356. The van der Waals surface area contributed by atoms with E-state index in [1.54, 1.807) is 24.4 Å². The number of anilines is 1. The van der Waals surface area contributed by atoms with Crippen molar-refractivity contribution in [3.63, 3.8) is 0 Å². The smallest absolute Gasteiger partial charge is 0.240 e. The maximum Gasteiger partial charge on any atom is 0.240 e. The third-order valence-electron chi connectivity index (χ3n) is 5.89. The maximum absolute atomic E-state index is 14.0. The van der Waals surface area contributed by atoms with Crippen molar-refractivity contribution in [2.75, 3.05) is 25.5 Å². The Hall–Kier alpha value is -3.76. The predicted octanol–water partition coefficient (Wildman–Crippen LogP) is 5.30. The van der Waals surface area contributed by atoms with Gasteiger partial charge in [0.1, 0.15) is 23.1 Å². The molecule has 0 amide bonds. The number of rotatable bonds is 10.